The average molecular weight is 319 g/mol. The van der Waals surface area contributed by atoms with Crippen LogP contribution >= 0.6 is 0 Å². The van der Waals surface area contributed by atoms with Crippen molar-refractivity contribution >= 4 is 17.7 Å². The van der Waals surface area contributed by atoms with Gasteiger partial charge in [0.2, 0.25) is 11.9 Å². The number of nitrogens with one attached hydrogen (secondary N) is 1. The minimum absolute atomic E-state index is 0.228. The third-order valence-electron chi connectivity index (χ3n) is 3.55. The summed E-state index contributed by atoms with van der Waals surface area (Å²) in [5.41, 5.74) is 2.66. The van der Waals surface area contributed by atoms with Crippen LogP contribution in [0, 0.1) is 13.8 Å². The van der Waals surface area contributed by atoms with E-state index in [0.29, 0.717) is 11.6 Å². The Morgan fingerprint density at radius 3 is 2.54 bits per heavy atom. The average Bonchev–Trinajstić information content (AvgIpc) is 3.01. The Morgan fingerprint density at radius 1 is 1.12 bits per heavy atom. The zero-order valence-corrected chi connectivity index (χ0v) is 13.5. The van der Waals surface area contributed by atoms with Crippen LogP contribution in [-0.2, 0) is 4.79 Å². The number of benzene rings is 1. The summed E-state index contributed by atoms with van der Waals surface area (Å²) in [4.78, 5) is 24.6. The van der Waals surface area contributed by atoms with E-state index in [2.05, 4.69) is 20.3 Å². The summed E-state index contributed by atoms with van der Waals surface area (Å²) in [6.07, 6.45) is 9.90. The number of hydrogen-bond donors (Lipinski definition) is 1. The van der Waals surface area contributed by atoms with Crippen molar-refractivity contribution < 1.29 is 4.79 Å². The van der Waals surface area contributed by atoms with Gasteiger partial charge in [0, 0.05) is 18.5 Å². The summed E-state index contributed by atoms with van der Waals surface area (Å²) in [7, 11) is 0. The Morgan fingerprint density at radius 2 is 1.88 bits per heavy atom. The number of carbonyl (C=O) groups excluding carboxylic acids is 1. The highest BCUT2D eigenvalue weighted by atomic mass is 16.1. The van der Waals surface area contributed by atoms with E-state index < -0.39 is 0 Å². The standard InChI is InChI=1S/C18H17N5O/c1-13-5-3-4-6-15(13)7-8-17(24)22-16-11-20-18(21-12-16)23-10-9-19-14(23)2/h3-12H,1-2H3,(H,22,24)/b8-7+. The van der Waals surface area contributed by atoms with Gasteiger partial charge in [0.25, 0.3) is 0 Å². The van der Waals surface area contributed by atoms with E-state index in [1.807, 2.05) is 38.1 Å². The third-order valence-corrected chi connectivity index (χ3v) is 3.55. The summed E-state index contributed by atoms with van der Waals surface area (Å²) in [5, 5.41) is 2.74. The van der Waals surface area contributed by atoms with Gasteiger partial charge in [0.15, 0.2) is 0 Å². The Labute approximate surface area is 139 Å². The maximum atomic E-state index is 12.0. The number of carbonyl (C=O) groups is 1. The lowest BCUT2D eigenvalue weighted by molar-refractivity contribution is -0.111. The van der Waals surface area contributed by atoms with E-state index in [9.17, 15) is 4.79 Å². The molecule has 1 aromatic carbocycles. The second kappa shape index (κ2) is 6.87. The zero-order valence-electron chi connectivity index (χ0n) is 13.5. The SMILES string of the molecule is Cc1ccccc1/C=C/C(=O)Nc1cnc(-n2ccnc2C)nc1. The van der Waals surface area contributed by atoms with Crippen LogP contribution in [0.2, 0.25) is 0 Å². The van der Waals surface area contributed by atoms with Gasteiger partial charge in [0.1, 0.15) is 5.82 Å². The predicted octanol–water partition coefficient (Wildman–Crippen LogP) is 2.93. The highest BCUT2D eigenvalue weighted by Crippen LogP contribution is 2.10. The molecule has 6 nitrogen and oxygen atoms in total. The van der Waals surface area contributed by atoms with Gasteiger partial charge < -0.3 is 5.32 Å². The largest absolute Gasteiger partial charge is 0.320 e. The van der Waals surface area contributed by atoms with Crippen LogP contribution in [0.3, 0.4) is 0 Å². The molecule has 3 rings (SSSR count). The maximum absolute atomic E-state index is 12.0. The molecule has 120 valence electrons. The molecule has 1 N–H and O–H groups in total. The van der Waals surface area contributed by atoms with E-state index in [-0.39, 0.29) is 5.91 Å². The Kier molecular flexibility index (Phi) is 4.47. The predicted molar refractivity (Wildman–Crippen MR) is 92.7 cm³/mol. The Bertz CT molecular complexity index is 880. The number of hydrogen-bond acceptors (Lipinski definition) is 4. The first kappa shape index (κ1) is 15.6. The number of nitrogens with zero attached hydrogens (tertiary/aromatic N) is 4. The summed E-state index contributed by atoms with van der Waals surface area (Å²) >= 11 is 0. The summed E-state index contributed by atoms with van der Waals surface area (Å²) in [6.45, 7) is 3.87. The molecule has 0 bridgehead atoms. The molecule has 0 atom stereocenters. The topological polar surface area (TPSA) is 72.7 Å². The van der Waals surface area contributed by atoms with Crippen molar-refractivity contribution in [2.75, 3.05) is 5.32 Å². The molecular formula is C18H17N5O. The summed E-state index contributed by atoms with van der Waals surface area (Å²) in [5.74, 6) is 1.08. The van der Waals surface area contributed by atoms with Crippen LogP contribution in [0.25, 0.3) is 12.0 Å². The van der Waals surface area contributed by atoms with Crippen molar-refractivity contribution in [3.05, 3.63) is 72.1 Å². The number of aryl methyl sites for hydroxylation is 2. The van der Waals surface area contributed by atoms with Crippen molar-refractivity contribution in [1.29, 1.82) is 0 Å². The molecule has 6 heteroatoms. The van der Waals surface area contributed by atoms with Crippen molar-refractivity contribution in [3.63, 3.8) is 0 Å². The molecular weight excluding hydrogens is 302 g/mol. The molecule has 1 amide bonds. The van der Waals surface area contributed by atoms with Crippen molar-refractivity contribution in [2.24, 2.45) is 0 Å². The molecule has 0 radical (unpaired) electrons. The first-order valence-electron chi connectivity index (χ1n) is 7.50. The maximum Gasteiger partial charge on any atom is 0.248 e. The van der Waals surface area contributed by atoms with Crippen molar-refractivity contribution in [3.8, 4) is 5.95 Å². The van der Waals surface area contributed by atoms with Gasteiger partial charge in [-0.15, -0.1) is 0 Å². The van der Waals surface area contributed by atoms with Crippen LogP contribution in [-0.4, -0.2) is 25.4 Å². The molecule has 0 aliphatic carbocycles. The zero-order chi connectivity index (χ0) is 16.9. The van der Waals surface area contributed by atoms with Gasteiger partial charge in [-0.3, -0.25) is 9.36 Å². The van der Waals surface area contributed by atoms with Gasteiger partial charge in [-0.1, -0.05) is 24.3 Å². The highest BCUT2D eigenvalue weighted by Gasteiger charge is 2.04. The number of aromatic nitrogens is 4. The molecule has 0 spiro atoms. The fourth-order valence-electron chi connectivity index (χ4n) is 2.22. The van der Waals surface area contributed by atoms with E-state index >= 15 is 0 Å². The van der Waals surface area contributed by atoms with E-state index in [4.69, 9.17) is 0 Å². The molecule has 2 aromatic heterocycles. The monoisotopic (exact) mass is 319 g/mol. The van der Waals surface area contributed by atoms with Crippen molar-refractivity contribution in [1.82, 2.24) is 19.5 Å². The second-order valence-electron chi connectivity index (χ2n) is 5.30. The smallest absolute Gasteiger partial charge is 0.248 e. The highest BCUT2D eigenvalue weighted by molar-refractivity contribution is 6.01. The number of rotatable bonds is 4. The first-order valence-corrected chi connectivity index (χ1v) is 7.50. The number of anilines is 1. The molecule has 0 unspecified atom stereocenters. The lowest BCUT2D eigenvalue weighted by atomic mass is 10.1. The molecule has 3 aromatic rings. The molecule has 0 aliphatic heterocycles. The van der Waals surface area contributed by atoms with Gasteiger partial charge in [-0.05, 0) is 31.1 Å². The quantitative estimate of drug-likeness (QED) is 0.750. The Hall–Kier alpha value is -3.28. The van der Waals surface area contributed by atoms with Gasteiger partial charge in [0.05, 0.1) is 18.1 Å². The minimum Gasteiger partial charge on any atom is -0.320 e. The normalized spacial score (nSPS) is 10.9. The van der Waals surface area contributed by atoms with Gasteiger partial charge in [-0.25, -0.2) is 15.0 Å². The number of amides is 1. The van der Waals surface area contributed by atoms with E-state index in [1.54, 1.807) is 35.4 Å². The third kappa shape index (κ3) is 3.55. The molecule has 0 aliphatic rings. The summed E-state index contributed by atoms with van der Waals surface area (Å²) in [6, 6.07) is 7.87. The molecule has 24 heavy (non-hydrogen) atoms. The lowest BCUT2D eigenvalue weighted by Crippen LogP contribution is -2.09. The minimum atomic E-state index is -0.228. The van der Waals surface area contributed by atoms with Gasteiger partial charge in [-0.2, -0.15) is 0 Å². The van der Waals surface area contributed by atoms with Crippen LogP contribution in [0.1, 0.15) is 17.0 Å². The van der Waals surface area contributed by atoms with Crippen molar-refractivity contribution in [2.45, 2.75) is 13.8 Å². The summed E-state index contributed by atoms with van der Waals surface area (Å²) < 4.78 is 1.77. The fourth-order valence-corrected chi connectivity index (χ4v) is 2.22. The lowest BCUT2D eigenvalue weighted by Gasteiger charge is -2.05. The molecule has 0 saturated heterocycles. The van der Waals surface area contributed by atoms with Crippen LogP contribution in [0.5, 0.6) is 0 Å². The van der Waals surface area contributed by atoms with Crippen LogP contribution in [0.4, 0.5) is 5.69 Å². The molecule has 2 heterocycles. The molecule has 0 fully saturated rings. The van der Waals surface area contributed by atoms with Crippen LogP contribution < -0.4 is 5.32 Å². The fraction of sp³-hybridized carbons (Fsp3) is 0.111. The number of imidazole rings is 1. The Balaban J connectivity index is 1.67. The van der Waals surface area contributed by atoms with Crippen LogP contribution in [0.15, 0.2) is 55.1 Å². The molecule has 0 saturated carbocycles. The van der Waals surface area contributed by atoms with Gasteiger partial charge >= 0.3 is 0 Å². The second-order valence-corrected chi connectivity index (χ2v) is 5.30. The first-order chi connectivity index (χ1) is 11.6. The van der Waals surface area contributed by atoms with E-state index in [1.165, 1.54) is 6.08 Å². The van der Waals surface area contributed by atoms with E-state index in [0.717, 1.165) is 17.0 Å².